The number of thiophene rings is 1. The summed E-state index contributed by atoms with van der Waals surface area (Å²) in [6.45, 7) is 7.84. The number of rotatable bonds is 3. The molecule has 1 aromatic heterocycles. The van der Waals surface area contributed by atoms with Gasteiger partial charge in [0.1, 0.15) is 6.04 Å². The van der Waals surface area contributed by atoms with Crippen molar-refractivity contribution in [1.29, 1.82) is 0 Å². The summed E-state index contributed by atoms with van der Waals surface area (Å²) >= 11 is 1.55. The molecule has 1 amide bonds. The molecule has 0 spiro atoms. The summed E-state index contributed by atoms with van der Waals surface area (Å²) in [4.78, 5) is 17.5. The summed E-state index contributed by atoms with van der Waals surface area (Å²) in [5.41, 5.74) is 6.01. The summed E-state index contributed by atoms with van der Waals surface area (Å²) in [5, 5.41) is 1.96. The van der Waals surface area contributed by atoms with Crippen molar-refractivity contribution >= 4 is 17.2 Å². The van der Waals surface area contributed by atoms with E-state index in [2.05, 4.69) is 18.7 Å². The second-order valence-corrected chi connectivity index (χ2v) is 5.93. The lowest BCUT2D eigenvalue weighted by molar-refractivity contribution is -0.134. The Morgan fingerprint density at radius 3 is 2.50 bits per heavy atom. The Morgan fingerprint density at radius 2 is 2.00 bits per heavy atom. The number of carbonyl (C=O) groups excluding carboxylic acids is 1. The molecule has 0 aromatic carbocycles. The van der Waals surface area contributed by atoms with Crippen molar-refractivity contribution in [2.45, 2.75) is 25.9 Å². The first kappa shape index (κ1) is 13.5. The van der Waals surface area contributed by atoms with E-state index in [1.807, 2.05) is 22.4 Å². The first-order chi connectivity index (χ1) is 8.59. The molecule has 1 saturated heterocycles. The monoisotopic (exact) mass is 267 g/mol. The summed E-state index contributed by atoms with van der Waals surface area (Å²) in [6, 6.07) is 3.92. The Bertz CT molecular complexity index is 383. The maximum Gasteiger partial charge on any atom is 0.245 e. The van der Waals surface area contributed by atoms with E-state index in [-0.39, 0.29) is 5.91 Å². The molecule has 1 unspecified atom stereocenters. The van der Waals surface area contributed by atoms with Crippen molar-refractivity contribution in [3.8, 4) is 0 Å². The fraction of sp³-hybridized carbons (Fsp3) is 0.615. The van der Waals surface area contributed by atoms with Gasteiger partial charge >= 0.3 is 0 Å². The van der Waals surface area contributed by atoms with Gasteiger partial charge in [-0.3, -0.25) is 9.69 Å². The molecule has 4 nitrogen and oxygen atoms in total. The van der Waals surface area contributed by atoms with E-state index in [0.717, 1.165) is 31.1 Å². The zero-order chi connectivity index (χ0) is 13.1. The molecule has 100 valence electrons. The molecule has 18 heavy (non-hydrogen) atoms. The van der Waals surface area contributed by atoms with Gasteiger partial charge in [-0.25, -0.2) is 0 Å². The molecule has 2 N–H and O–H groups in total. The third-order valence-corrected chi connectivity index (χ3v) is 4.43. The highest BCUT2D eigenvalue weighted by atomic mass is 32.1. The highest BCUT2D eigenvalue weighted by Gasteiger charge is 2.27. The molecule has 2 heterocycles. The van der Waals surface area contributed by atoms with Gasteiger partial charge in [-0.2, -0.15) is 0 Å². The van der Waals surface area contributed by atoms with E-state index in [4.69, 9.17) is 5.73 Å². The zero-order valence-corrected chi connectivity index (χ0v) is 11.8. The van der Waals surface area contributed by atoms with E-state index in [0.29, 0.717) is 6.04 Å². The molecule has 1 aliphatic heterocycles. The van der Waals surface area contributed by atoms with Crippen LogP contribution in [0.1, 0.15) is 24.8 Å². The lowest BCUT2D eigenvalue weighted by Gasteiger charge is -2.37. The van der Waals surface area contributed by atoms with Crippen LogP contribution in [0.5, 0.6) is 0 Å². The topological polar surface area (TPSA) is 49.6 Å². The smallest absolute Gasteiger partial charge is 0.245 e. The van der Waals surface area contributed by atoms with Gasteiger partial charge in [0.05, 0.1) is 0 Å². The Balaban J connectivity index is 1.91. The van der Waals surface area contributed by atoms with Crippen LogP contribution in [-0.2, 0) is 4.79 Å². The van der Waals surface area contributed by atoms with E-state index in [9.17, 15) is 4.79 Å². The predicted molar refractivity (Wildman–Crippen MR) is 74.5 cm³/mol. The average molecular weight is 267 g/mol. The first-order valence-electron chi connectivity index (χ1n) is 6.41. The van der Waals surface area contributed by atoms with Crippen LogP contribution in [0.15, 0.2) is 17.5 Å². The van der Waals surface area contributed by atoms with E-state index < -0.39 is 6.04 Å². The van der Waals surface area contributed by atoms with Gasteiger partial charge in [0.15, 0.2) is 0 Å². The molecule has 1 fully saturated rings. The maximum atomic E-state index is 12.3. The minimum atomic E-state index is -0.490. The van der Waals surface area contributed by atoms with Crippen LogP contribution in [-0.4, -0.2) is 47.9 Å². The number of nitrogens with zero attached hydrogens (tertiary/aromatic N) is 2. The first-order valence-corrected chi connectivity index (χ1v) is 7.29. The number of piperazine rings is 1. The van der Waals surface area contributed by atoms with Gasteiger partial charge in [-0.05, 0) is 25.3 Å². The largest absolute Gasteiger partial charge is 0.338 e. The van der Waals surface area contributed by atoms with Gasteiger partial charge in [0, 0.05) is 37.1 Å². The van der Waals surface area contributed by atoms with Crippen molar-refractivity contribution < 1.29 is 4.79 Å². The van der Waals surface area contributed by atoms with Gasteiger partial charge < -0.3 is 10.6 Å². The van der Waals surface area contributed by atoms with Crippen molar-refractivity contribution in [2.75, 3.05) is 26.2 Å². The normalized spacial score (nSPS) is 19.2. The Labute approximate surface area is 112 Å². The number of nitrogens with two attached hydrogens (primary N) is 1. The van der Waals surface area contributed by atoms with E-state index >= 15 is 0 Å². The maximum absolute atomic E-state index is 12.3. The van der Waals surface area contributed by atoms with Crippen LogP contribution < -0.4 is 5.73 Å². The second-order valence-electron chi connectivity index (χ2n) is 4.95. The van der Waals surface area contributed by atoms with Crippen molar-refractivity contribution in [3.63, 3.8) is 0 Å². The lowest BCUT2D eigenvalue weighted by atomic mass is 10.2. The fourth-order valence-corrected chi connectivity index (χ4v) is 2.96. The molecule has 1 aliphatic rings. The van der Waals surface area contributed by atoms with Crippen LogP contribution in [0.25, 0.3) is 0 Å². The zero-order valence-electron chi connectivity index (χ0n) is 11.0. The number of hydrogen-bond donors (Lipinski definition) is 1. The van der Waals surface area contributed by atoms with Crippen LogP contribution in [0.2, 0.25) is 0 Å². The standard InChI is InChI=1S/C13H21N3OS/c1-10(2)15-5-7-16(8-6-15)13(17)12(14)11-4-3-9-18-11/h3-4,9-10,12H,5-8,14H2,1-2H3. The lowest BCUT2D eigenvalue weighted by Crippen LogP contribution is -2.52. The van der Waals surface area contributed by atoms with Gasteiger partial charge in [0.25, 0.3) is 0 Å². The highest BCUT2D eigenvalue weighted by Crippen LogP contribution is 2.19. The van der Waals surface area contributed by atoms with Gasteiger partial charge in [-0.1, -0.05) is 6.07 Å². The minimum Gasteiger partial charge on any atom is -0.338 e. The molecule has 0 bridgehead atoms. The summed E-state index contributed by atoms with van der Waals surface area (Å²) in [7, 11) is 0. The van der Waals surface area contributed by atoms with Crippen molar-refractivity contribution in [1.82, 2.24) is 9.80 Å². The van der Waals surface area contributed by atoms with Crippen LogP contribution in [0.4, 0.5) is 0 Å². The predicted octanol–water partition coefficient (Wildman–Crippen LogP) is 1.30. The minimum absolute atomic E-state index is 0.0563. The molecule has 0 radical (unpaired) electrons. The fourth-order valence-electron chi connectivity index (χ4n) is 2.25. The van der Waals surface area contributed by atoms with Gasteiger partial charge in [-0.15, -0.1) is 11.3 Å². The van der Waals surface area contributed by atoms with Crippen molar-refractivity contribution in [3.05, 3.63) is 22.4 Å². The SMILES string of the molecule is CC(C)N1CCN(C(=O)C(N)c2cccs2)CC1. The molecule has 2 rings (SSSR count). The van der Waals surface area contributed by atoms with Gasteiger partial charge in [0.2, 0.25) is 5.91 Å². The van der Waals surface area contributed by atoms with Crippen LogP contribution >= 0.6 is 11.3 Å². The third kappa shape index (κ3) is 2.91. The average Bonchev–Trinajstić information content (AvgIpc) is 2.91. The number of carbonyl (C=O) groups is 1. The highest BCUT2D eigenvalue weighted by molar-refractivity contribution is 7.10. The number of hydrogen-bond acceptors (Lipinski definition) is 4. The summed E-state index contributed by atoms with van der Waals surface area (Å²) in [5.74, 6) is 0.0563. The molecule has 0 aliphatic carbocycles. The van der Waals surface area contributed by atoms with E-state index in [1.165, 1.54) is 0 Å². The molecular weight excluding hydrogens is 246 g/mol. The molecule has 5 heteroatoms. The Morgan fingerprint density at radius 1 is 1.33 bits per heavy atom. The van der Waals surface area contributed by atoms with E-state index in [1.54, 1.807) is 11.3 Å². The third-order valence-electron chi connectivity index (χ3n) is 3.47. The Kier molecular flexibility index (Phi) is 4.37. The molecular formula is C13H21N3OS. The van der Waals surface area contributed by atoms with Crippen LogP contribution in [0.3, 0.4) is 0 Å². The quantitative estimate of drug-likeness (QED) is 0.898. The summed E-state index contributed by atoms with van der Waals surface area (Å²) in [6.07, 6.45) is 0. The molecule has 0 saturated carbocycles. The Hall–Kier alpha value is -0.910. The molecule has 1 aromatic rings. The van der Waals surface area contributed by atoms with Crippen molar-refractivity contribution in [2.24, 2.45) is 5.73 Å². The van der Waals surface area contributed by atoms with Crippen LogP contribution in [0, 0.1) is 0 Å². The summed E-state index contributed by atoms with van der Waals surface area (Å²) < 4.78 is 0. The molecule has 1 atom stereocenters. The number of amides is 1. The second kappa shape index (κ2) is 5.82.